The average Bonchev–Trinajstić information content (AvgIpc) is 3.34. The van der Waals surface area contributed by atoms with Crippen molar-refractivity contribution in [2.45, 2.75) is 104 Å². The van der Waals surface area contributed by atoms with Crippen LogP contribution in [0.2, 0.25) is 18.6 Å². The number of ether oxygens (including phenoxy) is 3. The second-order valence-corrected chi connectivity index (χ2v) is 19.2. The number of cyclic esters (lactones) is 1. The van der Waals surface area contributed by atoms with Gasteiger partial charge in [-0.25, -0.2) is 14.6 Å². The number of hydrogen-bond acceptors (Lipinski definition) is 8. The summed E-state index contributed by atoms with van der Waals surface area (Å²) in [4.78, 5) is 57.9. The summed E-state index contributed by atoms with van der Waals surface area (Å²) in [7, 11) is -2.10. The van der Waals surface area contributed by atoms with Crippen LogP contribution < -0.4 is 16.1 Å². The molecule has 2 atom stereocenters. The van der Waals surface area contributed by atoms with E-state index in [2.05, 4.69) is 45.2 Å². The van der Waals surface area contributed by atoms with E-state index in [0.717, 1.165) is 22.2 Å². The lowest BCUT2D eigenvalue weighted by Gasteiger charge is -2.35. The summed E-state index contributed by atoms with van der Waals surface area (Å²) in [5.41, 5.74) is 1.51. The van der Waals surface area contributed by atoms with Gasteiger partial charge in [-0.15, -0.1) is 0 Å². The molecule has 10 nitrogen and oxygen atoms in total. The van der Waals surface area contributed by atoms with Gasteiger partial charge in [-0.2, -0.15) is 0 Å². The van der Waals surface area contributed by atoms with Crippen molar-refractivity contribution in [1.82, 2.24) is 14.9 Å². The molecule has 2 aliphatic rings. The molecule has 0 saturated heterocycles. The van der Waals surface area contributed by atoms with E-state index in [1.54, 1.807) is 38.3 Å². The first-order valence-electron chi connectivity index (χ1n) is 16.1. The Morgan fingerprint density at radius 3 is 2.48 bits per heavy atom. The number of benzene rings is 1. The molecule has 46 heavy (non-hydrogen) atoms. The van der Waals surface area contributed by atoms with Crippen molar-refractivity contribution in [2.24, 2.45) is 5.92 Å². The van der Waals surface area contributed by atoms with Gasteiger partial charge in [0, 0.05) is 12.1 Å². The molecule has 4 heterocycles. The minimum Gasteiger partial charge on any atom is -0.457 e. The lowest BCUT2D eigenvalue weighted by molar-refractivity contribution is -0.189. The van der Waals surface area contributed by atoms with Gasteiger partial charge in [-0.3, -0.25) is 9.59 Å². The van der Waals surface area contributed by atoms with E-state index in [9.17, 15) is 19.2 Å². The molecule has 11 heteroatoms. The molecule has 5 rings (SSSR count). The lowest BCUT2D eigenvalue weighted by atomic mass is 9.85. The number of nitrogens with zero attached hydrogens (tertiary/aromatic N) is 2. The Hall–Kier alpha value is -3.99. The smallest absolute Gasteiger partial charge is 0.407 e. The maximum Gasteiger partial charge on any atom is 0.407 e. The largest absolute Gasteiger partial charge is 0.457 e. The Bertz CT molecular complexity index is 1790. The van der Waals surface area contributed by atoms with Crippen LogP contribution in [0.5, 0.6) is 0 Å². The fraction of sp³-hybridized carbons (Fsp3) is 0.514. The van der Waals surface area contributed by atoms with Crippen molar-refractivity contribution in [3.8, 4) is 11.4 Å². The molecule has 2 aromatic heterocycles. The van der Waals surface area contributed by atoms with Crippen molar-refractivity contribution in [3.63, 3.8) is 0 Å². The van der Waals surface area contributed by atoms with Crippen molar-refractivity contribution < 1.29 is 28.6 Å². The number of amides is 1. The monoisotopic (exact) mass is 647 g/mol. The van der Waals surface area contributed by atoms with E-state index in [-0.39, 0.29) is 37.1 Å². The first-order valence-corrected chi connectivity index (χ1v) is 19.1. The van der Waals surface area contributed by atoms with Crippen LogP contribution >= 0.6 is 0 Å². The Balaban J connectivity index is 1.58. The number of alkyl carbamates (subject to hydrolysis) is 1. The van der Waals surface area contributed by atoms with Crippen LogP contribution in [0.25, 0.3) is 22.3 Å². The highest BCUT2D eigenvalue weighted by Crippen LogP contribution is 2.42. The highest BCUT2D eigenvalue weighted by atomic mass is 28.3. The molecule has 0 radical (unpaired) electrons. The number of aromatic nitrogens is 2. The normalized spacial score (nSPS) is 18.0. The van der Waals surface area contributed by atoms with Gasteiger partial charge in [-0.1, -0.05) is 59.0 Å². The van der Waals surface area contributed by atoms with Gasteiger partial charge in [0.2, 0.25) is 5.60 Å². The van der Waals surface area contributed by atoms with Gasteiger partial charge >= 0.3 is 18.0 Å². The van der Waals surface area contributed by atoms with Crippen LogP contribution in [0, 0.1) is 5.92 Å². The van der Waals surface area contributed by atoms with E-state index in [4.69, 9.17) is 19.2 Å². The predicted molar refractivity (Wildman–Crippen MR) is 179 cm³/mol. The van der Waals surface area contributed by atoms with Crippen LogP contribution in [0.3, 0.4) is 0 Å². The van der Waals surface area contributed by atoms with E-state index in [1.807, 2.05) is 18.2 Å². The highest BCUT2D eigenvalue weighted by molar-refractivity contribution is 6.93. The number of pyridine rings is 2. The molecule has 246 valence electrons. The maximum absolute atomic E-state index is 14.2. The number of esters is 2. The van der Waals surface area contributed by atoms with Crippen molar-refractivity contribution in [1.29, 1.82) is 0 Å². The van der Waals surface area contributed by atoms with Gasteiger partial charge in [-0.05, 0) is 66.9 Å². The lowest BCUT2D eigenvalue weighted by Crippen LogP contribution is -2.49. The Morgan fingerprint density at radius 2 is 1.83 bits per heavy atom. The number of nitrogens with one attached hydrogen (secondary N) is 1. The van der Waals surface area contributed by atoms with Gasteiger partial charge < -0.3 is 24.1 Å². The average molecular weight is 648 g/mol. The minimum atomic E-state index is -2.10. The SMILES string of the molecule is CCC1(OC(=O)CCNC(=O)OC(C)(C)C)C(=O)OCc2c1cc1n(c2=O)Cc2c-1nc1ccccc1c2[Si](C)(C)C(C)C(C)C. The fourth-order valence-electron chi connectivity index (χ4n) is 6.81. The van der Waals surface area contributed by atoms with Crippen LogP contribution in [-0.2, 0) is 42.6 Å². The first-order chi connectivity index (χ1) is 21.5. The van der Waals surface area contributed by atoms with Crippen LogP contribution in [0.15, 0.2) is 35.1 Å². The van der Waals surface area contributed by atoms with Gasteiger partial charge in [0.1, 0.15) is 12.2 Å². The zero-order chi connectivity index (χ0) is 33.8. The maximum atomic E-state index is 14.2. The Kier molecular flexibility index (Phi) is 8.69. The van der Waals surface area contributed by atoms with Gasteiger partial charge in [0.25, 0.3) is 5.56 Å². The number of fused-ring (bicyclic) bond motifs is 5. The molecule has 1 N–H and O–H groups in total. The summed E-state index contributed by atoms with van der Waals surface area (Å²) in [6.07, 6.45) is -0.813. The van der Waals surface area contributed by atoms with Gasteiger partial charge in [0.05, 0.1) is 43.5 Å². The van der Waals surface area contributed by atoms with E-state index in [0.29, 0.717) is 29.3 Å². The van der Waals surface area contributed by atoms with Crippen molar-refractivity contribution in [2.75, 3.05) is 6.54 Å². The second kappa shape index (κ2) is 12.0. The summed E-state index contributed by atoms with van der Waals surface area (Å²) >= 11 is 0. The molecule has 3 aromatic rings. The predicted octanol–water partition coefficient (Wildman–Crippen LogP) is 5.51. The zero-order valence-electron chi connectivity index (χ0n) is 28.3. The molecular weight excluding hydrogens is 602 g/mol. The molecule has 0 fully saturated rings. The minimum absolute atomic E-state index is 0.0517. The molecule has 2 aliphatic heterocycles. The quantitative estimate of drug-likeness (QED) is 0.151. The molecule has 1 aromatic carbocycles. The number of rotatable bonds is 8. The van der Waals surface area contributed by atoms with Crippen LogP contribution in [0.1, 0.15) is 78.0 Å². The summed E-state index contributed by atoms with van der Waals surface area (Å²) in [6, 6.07) is 9.93. The summed E-state index contributed by atoms with van der Waals surface area (Å²) in [5, 5.41) is 4.95. The van der Waals surface area contributed by atoms with Crippen molar-refractivity contribution >= 4 is 42.2 Å². The van der Waals surface area contributed by atoms with E-state index in [1.165, 1.54) is 5.19 Å². The summed E-state index contributed by atoms with van der Waals surface area (Å²) < 4.78 is 18.3. The van der Waals surface area contributed by atoms with E-state index < -0.39 is 37.3 Å². The Labute approximate surface area is 270 Å². The number of carbonyl (C=O) groups excluding carboxylic acids is 3. The molecule has 1 amide bonds. The topological polar surface area (TPSA) is 126 Å². The third kappa shape index (κ3) is 5.74. The van der Waals surface area contributed by atoms with Crippen LogP contribution in [0.4, 0.5) is 4.79 Å². The fourth-order valence-corrected chi connectivity index (χ4v) is 10.8. The van der Waals surface area contributed by atoms with Crippen molar-refractivity contribution in [3.05, 3.63) is 57.4 Å². The molecule has 2 unspecified atom stereocenters. The summed E-state index contributed by atoms with van der Waals surface area (Å²) in [6.45, 7) is 18.7. The molecule has 0 bridgehead atoms. The third-order valence-corrected chi connectivity index (χ3v) is 14.4. The van der Waals surface area contributed by atoms with Gasteiger partial charge in [0.15, 0.2) is 0 Å². The standard InChI is InChI=1S/C35H45N3O7Si/c1-10-35(44-28(39)15-16-36-33(42)45-34(5,6)7)25-17-27-29-23(18-38(27)31(40)24(25)19-43-32(35)41)30(46(8,9)21(4)20(2)3)22-13-11-12-14-26(22)37-29/h11-14,17,20-21H,10,15-16,18-19H2,1-9H3,(H,36,42). The molecule has 0 saturated carbocycles. The molecule has 0 aliphatic carbocycles. The summed E-state index contributed by atoms with van der Waals surface area (Å²) in [5.74, 6) is -0.971. The third-order valence-electron chi connectivity index (χ3n) is 9.63. The molecule has 0 spiro atoms. The van der Waals surface area contributed by atoms with E-state index >= 15 is 0 Å². The number of hydrogen-bond donors (Lipinski definition) is 1. The Morgan fingerprint density at radius 1 is 1.13 bits per heavy atom. The van der Waals surface area contributed by atoms with Crippen LogP contribution in [-0.4, -0.2) is 47.8 Å². The second-order valence-electron chi connectivity index (χ2n) is 14.3. The number of para-hydroxylation sites is 1. The first kappa shape index (κ1) is 33.4. The zero-order valence-corrected chi connectivity index (χ0v) is 29.3. The molecular formula is C35H45N3O7Si. The highest BCUT2D eigenvalue weighted by Gasteiger charge is 2.50. The number of carbonyl (C=O) groups is 3.